The summed E-state index contributed by atoms with van der Waals surface area (Å²) >= 11 is 1.85. The molecule has 4 nitrogen and oxygen atoms in total. The second-order valence-electron chi connectivity index (χ2n) is 14.9. The van der Waals surface area contributed by atoms with Crippen molar-refractivity contribution < 1.29 is 32.7 Å². The number of nitrogens with zero attached hydrogens (tertiary/aromatic N) is 3. The van der Waals surface area contributed by atoms with E-state index in [1.54, 1.807) is 12.1 Å². The van der Waals surface area contributed by atoms with Crippen molar-refractivity contribution in [1.29, 1.82) is 0 Å². The van der Waals surface area contributed by atoms with E-state index in [0.717, 1.165) is 39.0 Å². The minimum absolute atomic E-state index is 0. The van der Waals surface area contributed by atoms with Crippen molar-refractivity contribution in [3.8, 4) is 39.5 Å². The van der Waals surface area contributed by atoms with Crippen LogP contribution in [0.15, 0.2) is 144 Å². The first-order valence-electron chi connectivity index (χ1n) is 22.1. The van der Waals surface area contributed by atoms with Gasteiger partial charge < -0.3 is 14.0 Å². The van der Waals surface area contributed by atoms with Crippen LogP contribution in [0, 0.1) is 26.0 Å². The maximum absolute atomic E-state index is 7.28. The molecule has 0 fully saturated rings. The number of para-hydroxylation sites is 3. The molecule has 6 heteroatoms. The van der Waals surface area contributed by atoms with E-state index >= 15 is 0 Å². The van der Waals surface area contributed by atoms with Gasteiger partial charge >= 0.3 is 0 Å². The first-order valence-corrected chi connectivity index (χ1v) is 19.9. The molecule has 58 heavy (non-hydrogen) atoms. The molecule has 10 aromatic rings. The molecule has 4 aromatic heterocycles. The summed E-state index contributed by atoms with van der Waals surface area (Å²) in [6, 6.07) is 47.4. The van der Waals surface area contributed by atoms with Crippen molar-refractivity contribution in [1.82, 2.24) is 14.5 Å². The van der Waals surface area contributed by atoms with Crippen molar-refractivity contribution in [2.75, 3.05) is 0 Å². The van der Waals surface area contributed by atoms with Crippen LogP contribution in [0.3, 0.4) is 0 Å². The van der Waals surface area contributed by atoms with Gasteiger partial charge in [0, 0.05) is 72.2 Å². The number of imidazole rings is 1. The van der Waals surface area contributed by atoms with E-state index < -0.39 is 13.7 Å². The van der Waals surface area contributed by atoms with Gasteiger partial charge in [-0.05, 0) is 82.5 Å². The van der Waals surface area contributed by atoms with Gasteiger partial charge in [-0.2, -0.15) is 0 Å². The van der Waals surface area contributed by atoms with Crippen molar-refractivity contribution in [2.45, 2.75) is 53.2 Å². The summed E-state index contributed by atoms with van der Waals surface area (Å²) in [6.45, 7) is 4.72. The molecule has 0 atom stereocenters. The number of aromatic nitrogens is 3. The smallest absolute Gasteiger partial charge is 0.0774 e. The number of hydrogen-bond donors (Lipinski definition) is 0. The van der Waals surface area contributed by atoms with E-state index in [9.17, 15) is 0 Å². The number of fused-ring (bicyclic) bond motifs is 5. The fourth-order valence-electron chi connectivity index (χ4n) is 7.55. The molecule has 0 saturated heterocycles. The molecule has 4 heterocycles. The molecule has 0 aliphatic rings. The van der Waals surface area contributed by atoms with Crippen LogP contribution in [-0.4, -0.2) is 14.5 Å². The third-order valence-corrected chi connectivity index (χ3v) is 11.6. The third kappa shape index (κ3) is 7.33. The summed E-state index contributed by atoms with van der Waals surface area (Å²) in [5, 5.41) is 3.61. The maximum Gasteiger partial charge on any atom is 0.0774 e. The van der Waals surface area contributed by atoms with Gasteiger partial charge in [0.2, 0.25) is 0 Å². The van der Waals surface area contributed by atoms with E-state index in [2.05, 4.69) is 153 Å². The molecule has 10 rings (SSSR count). The minimum Gasteiger partial charge on any atom is -0.557 e. The molecule has 0 N–H and O–H groups in total. The Hall–Kier alpha value is -5.65. The zero-order valence-corrected chi connectivity index (χ0v) is 35.6. The second-order valence-corrected chi connectivity index (χ2v) is 16.0. The van der Waals surface area contributed by atoms with Crippen LogP contribution in [0.4, 0.5) is 0 Å². The predicted molar refractivity (Wildman–Crippen MR) is 240 cm³/mol. The van der Waals surface area contributed by atoms with Crippen LogP contribution in [-0.2, 0) is 20.1 Å². The Bertz CT molecular complexity index is 3190. The SMILES string of the molecule is CC(C)c1cccc(C(C)C)c1-n1c(-c2[c-]oc3ccc(-c4ccc5sc6ccccc6c5c4)cc23)nc2ccccc21.[2H]C([2H])([2H])c1c[c-]c(-c2ccc(C([2H])([2H])[2H])cn2)cc1.[Ir]. The molecule has 0 bridgehead atoms. The van der Waals surface area contributed by atoms with Crippen LogP contribution in [0.25, 0.3) is 81.6 Å². The zero-order valence-electron chi connectivity index (χ0n) is 38.4. The Balaban J connectivity index is 0.000000225. The van der Waals surface area contributed by atoms with Crippen LogP contribution in [0.2, 0.25) is 0 Å². The van der Waals surface area contributed by atoms with Gasteiger partial charge in [0.1, 0.15) is 0 Å². The normalized spacial score (nSPS) is 13.4. The fraction of sp³-hybridized carbons (Fsp3) is 0.154. The van der Waals surface area contributed by atoms with Crippen molar-refractivity contribution in [3.63, 3.8) is 0 Å². The van der Waals surface area contributed by atoms with Crippen LogP contribution < -0.4 is 0 Å². The summed E-state index contributed by atoms with van der Waals surface area (Å²) < 4.78 is 54.7. The van der Waals surface area contributed by atoms with Gasteiger partial charge in [-0.15, -0.1) is 46.7 Å². The average Bonchev–Trinajstić information content (AvgIpc) is 3.98. The van der Waals surface area contributed by atoms with Crippen LogP contribution in [0.1, 0.15) is 70.0 Å². The van der Waals surface area contributed by atoms with Gasteiger partial charge in [-0.25, -0.2) is 0 Å². The number of pyridine rings is 1. The molecule has 6 aromatic carbocycles. The van der Waals surface area contributed by atoms with Crippen molar-refractivity contribution in [3.05, 3.63) is 174 Å². The quantitative estimate of drug-likeness (QED) is 0.156. The molecule has 0 saturated carbocycles. The monoisotopic (exact) mass is 956 g/mol. The number of benzene rings is 6. The minimum atomic E-state index is -2.18. The molecule has 0 unspecified atom stereocenters. The molecule has 1 radical (unpaired) electrons. The summed E-state index contributed by atoms with van der Waals surface area (Å²) in [6.07, 6.45) is 4.57. The van der Waals surface area contributed by atoms with Crippen LogP contribution in [0.5, 0.6) is 0 Å². The number of furan rings is 1. The number of hydrogen-bond acceptors (Lipinski definition) is 4. The van der Waals surface area contributed by atoms with E-state index in [-0.39, 0.29) is 31.2 Å². The molecule has 0 aliphatic carbocycles. The second kappa shape index (κ2) is 16.3. The van der Waals surface area contributed by atoms with Gasteiger partial charge in [-0.3, -0.25) is 4.98 Å². The first-order chi connectivity index (χ1) is 30.2. The van der Waals surface area contributed by atoms with Crippen molar-refractivity contribution >= 4 is 53.5 Å². The molecule has 0 aliphatic heterocycles. The van der Waals surface area contributed by atoms with Crippen LogP contribution >= 0.6 is 11.3 Å². The maximum atomic E-state index is 7.28. The van der Waals surface area contributed by atoms with Gasteiger partial charge in [-0.1, -0.05) is 130 Å². The summed E-state index contributed by atoms with van der Waals surface area (Å²) in [5.74, 6) is 1.55. The van der Waals surface area contributed by atoms with Crippen molar-refractivity contribution in [2.24, 2.45) is 0 Å². The topological polar surface area (TPSA) is 43.9 Å². The fourth-order valence-corrected chi connectivity index (χ4v) is 8.64. The number of rotatable bonds is 6. The van der Waals surface area contributed by atoms with Gasteiger partial charge in [0.15, 0.2) is 0 Å². The number of thiophene rings is 1. The average molecular weight is 956 g/mol. The predicted octanol–water partition coefficient (Wildman–Crippen LogP) is 14.7. The Morgan fingerprint density at radius 1 is 0.690 bits per heavy atom. The molecular formula is C52H43IrN3OS-2. The zero-order chi connectivity index (χ0) is 44.2. The Labute approximate surface area is 366 Å². The Kier molecular flexibility index (Phi) is 9.09. The number of aryl methyl sites for hydroxylation is 2. The summed E-state index contributed by atoms with van der Waals surface area (Å²) in [4.78, 5) is 9.30. The van der Waals surface area contributed by atoms with E-state index in [4.69, 9.17) is 17.6 Å². The van der Waals surface area contributed by atoms with E-state index in [1.807, 2.05) is 11.3 Å². The Morgan fingerprint density at radius 3 is 2.12 bits per heavy atom. The first kappa shape index (κ1) is 32.3. The largest absolute Gasteiger partial charge is 0.557 e. The summed E-state index contributed by atoms with van der Waals surface area (Å²) in [7, 11) is 0. The third-order valence-electron chi connectivity index (χ3n) is 10.4. The molecular weight excluding hydrogens is 907 g/mol. The molecule has 0 spiro atoms. The molecule has 0 amide bonds. The van der Waals surface area contributed by atoms with E-state index in [0.29, 0.717) is 23.1 Å². The Morgan fingerprint density at radius 2 is 1.40 bits per heavy atom. The molecule has 289 valence electrons. The van der Waals surface area contributed by atoms with Gasteiger partial charge in [0.05, 0.1) is 16.9 Å². The van der Waals surface area contributed by atoms with Gasteiger partial charge in [0.25, 0.3) is 0 Å². The van der Waals surface area contributed by atoms with E-state index in [1.165, 1.54) is 66.9 Å². The standard InChI is InChI=1S/C39H31N2OS.C13H12N.Ir/c1-23(2)27-11-9-12-28(24(3)4)38(27)41-34-14-7-6-13-33(34)40-39(41)32-22-42-35-18-16-25(20-30(32)35)26-17-19-37-31(21-26)29-10-5-8-15-36(29)43-37;1-10-3-6-12(7-4-10)13-8-5-11(2)9-14-13;/h5-21,23-24H,1-4H3;3-6,8-9H,1-2H3;/q2*-1;/i;1D3,2D3;. The summed E-state index contributed by atoms with van der Waals surface area (Å²) in [5.41, 5.74) is 11.4.